The van der Waals surface area contributed by atoms with Crippen molar-refractivity contribution in [3.63, 3.8) is 0 Å². The van der Waals surface area contributed by atoms with Gasteiger partial charge in [0.2, 0.25) is 0 Å². The lowest BCUT2D eigenvalue weighted by Crippen LogP contribution is -2.44. The molecule has 0 aliphatic carbocycles. The molecule has 0 saturated carbocycles. The zero-order valence-corrected chi connectivity index (χ0v) is 12.5. The van der Waals surface area contributed by atoms with Crippen LogP contribution >= 0.6 is 15.9 Å². The quantitative estimate of drug-likeness (QED) is 0.900. The summed E-state index contributed by atoms with van der Waals surface area (Å²) in [7, 11) is 0. The van der Waals surface area contributed by atoms with Gasteiger partial charge < -0.3 is 10.2 Å². The van der Waals surface area contributed by atoms with Crippen LogP contribution < -0.4 is 5.32 Å². The molecular formula is C14H15BrFN3O. The highest BCUT2D eigenvalue weighted by Gasteiger charge is 2.22. The fourth-order valence-corrected chi connectivity index (χ4v) is 2.73. The zero-order chi connectivity index (χ0) is 14.5. The molecule has 0 radical (unpaired) electrons. The molecule has 1 saturated heterocycles. The molecule has 2 amide bonds. The molecule has 1 aromatic carbocycles. The number of benzene rings is 1. The molecule has 1 fully saturated rings. The molecular weight excluding hydrogens is 325 g/mol. The Kier molecular flexibility index (Phi) is 4.96. The van der Waals surface area contributed by atoms with Crippen LogP contribution in [-0.2, 0) is 6.54 Å². The predicted molar refractivity (Wildman–Crippen MR) is 76.2 cm³/mol. The van der Waals surface area contributed by atoms with Crippen molar-refractivity contribution in [3.8, 4) is 6.07 Å². The van der Waals surface area contributed by atoms with Crippen molar-refractivity contribution in [2.24, 2.45) is 5.92 Å². The maximum absolute atomic E-state index is 13.2. The number of piperidine rings is 1. The van der Waals surface area contributed by atoms with Crippen LogP contribution in [0.2, 0.25) is 0 Å². The minimum Gasteiger partial charge on any atom is -0.334 e. The highest BCUT2D eigenvalue weighted by molar-refractivity contribution is 9.10. The lowest BCUT2D eigenvalue weighted by molar-refractivity contribution is 0.178. The maximum atomic E-state index is 13.2. The van der Waals surface area contributed by atoms with Crippen LogP contribution in [0.5, 0.6) is 0 Å². The Morgan fingerprint density at radius 3 is 2.75 bits per heavy atom. The summed E-state index contributed by atoms with van der Waals surface area (Å²) in [5.41, 5.74) is 0.706. The van der Waals surface area contributed by atoms with Crippen LogP contribution in [0.25, 0.3) is 0 Å². The number of amides is 2. The van der Waals surface area contributed by atoms with Crippen molar-refractivity contribution in [2.45, 2.75) is 19.4 Å². The van der Waals surface area contributed by atoms with Crippen molar-refractivity contribution in [2.75, 3.05) is 13.1 Å². The molecule has 1 heterocycles. The fraction of sp³-hybridized carbons (Fsp3) is 0.429. The van der Waals surface area contributed by atoms with Gasteiger partial charge in [0.15, 0.2) is 0 Å². The standard InChI is InChI=1S/C14H15BrFN3O/c15-12-5-11(6-13(16)7-12)9-18-14(20)19-3-1-10(8-17)2-4-19/h5-7,10H,1-4,9H2,(H,18,20). The van der Waals surface area contributed by atoms with Gasteiger partial charge in [0.05, 0.1) is 6.07 Å². The minimum absolute atomic E-state index is 0.0539. The number of carbonyl (C=O) groups is 1. The van der Waals surface area contributed by atoms with Gasteiger partial charge in [-0.2, -0.15) is 5.26 Å². The molecule has 0 aromatic heterocycles. The van der Waals surface area contributed by atoms with Crippen LogP contribution in [0.15, 0.2) is 22.7 Å². The lowest BCUT2D eigenvalue weighted by atomic mass is 9.99. The number of hydrogen-bond donors (Lipinski definition) is 1. The van der Waals surface area contributed by atoms with Gasteiger partial charge in [-0.05, 0) is 36.6 Å². The zero-order valence-electron chi connectivity index (χ0n) is 10.9. The topological polar surface area (TPSA) is 56.1 Å². The maximum Gasteiger partial charge on any atom is 0.317 e. The third-order valence-corrected chi connectivity index (χ3v) is 3.79. The van der Waals surface area contributed by atoms with Gasteiger partial charge in [-0.15, -0.1) is 0 Å². The Labute approximate surface area is 125 Å². The van der Waals surface area contributed by atoms with Gasteiger partial charge in [0, 0.05) is 30.0 Å². The first-order valence-electron chi connectivity index (χ1n) is 6.46. The monoisotopic (exact) mass is 339 g/mol. The minimum atomic E-state index is -0.335. The number of likely N-dealkylation sites (tertiary alicyclic amines) is 1. The smallest absolute Gasteiger partial charge is 0.317 e. The summed E-state index contributed by atoms with van der Waals surface area (Å²) in [5.74, 6) is -0.281. The second-order valence-corrected chi connectivity index (χ2v) is 5.74. The third kappa shape index (κ3) is 3.94. The molecule has 20 heavy (non-hydrogen) atoms. The molecule has 1 N–H and O–H groups in total. The van der Waals surface area contributed by atoms with E-state index in [2.05, 4.69) is 27.3 Å². The Hall–Kier alpha value is -1.61. The number of rotatable bonds is 2. The molecule has 1 aromatic rings. The summed E-state index contributed by atoms with van der Waals surface area (Å²) in [6.45, 7) is 1.47. The van der Waals surface area contributed by atoms with Crippen molar-refractivity contribution < 1.29 is 9.18 Å². The molecule has 1 aliphatic rings. The average molecular weight is 340 g/mol. The summed E-state index contributed by atoms with van der Waals surface area (Å²) in [6.07, 6.45) is 1.44. The van der Waals surface area contributed by atoms with E-state index in [-0.39, 0.29) is 24.3 Å². The van der Waals surface area contributed by atoms with E-state index in [1.807, 2.05) is 0 Å². The number of halogens is 2. The molecule has 0 unspecified atom stereocenters. The van der Waals surface area contributed by atoms with E-state index in [1.54, 1.807) is 11.0 Å². The van der Waals surface area contributed by atoms with Gasteiger partial charge in [-0.25, -0.2) is 9.18 Å². The fourth-order valence-electron chi connectivity index (χ4n) is 2.21. The highest BCUT2D eigenvalue weighted by atomic mass is 79.9. The molecule has 0 bridgehead atoms. The first-order valence-corrected chi connectivity index (χ1v) is 7.25. The number of urea groups is 1. The van der Waals surface area contributed by atoms with Crippen molar-refractivity contribution in [1.29, 1.82) is 5.26 Å². The van der Waals surface area contributed by atoms with E-state index in [4.69, 9.17) is 5.26 Å². The average Bonchev–Trinajstić information content (AvgIpc) is 2.44. The van der Waals surface area contributed by atoms with Crippen LogP contribution in [0.4, 0.5) is 9.18 Å². The largest absolute Gasteiger partial charge is 0.334 e. The SMILES string of the molecule is N#CC1CCN(C(=O)NCc2cc(F)cc(Br)c2)CC1. The summed E-state index contributed by atoms with van der Waals surface area (Å²) in [4.78, 5) is 13.7. The highest BCUT2D eigenvalue weighted by Crippen LogP contribution is 2.17. The van der Waals surface area contributed by atoms with Crippen LogP contribution in [0, 0.1) is 23.1 Å². The second-order valence-electron chi connectivity index (χ2n) is 4.83. The van der Waals surface area contributed by atoms with Gasteiger partial charge in [0.25, 0.3) is 0 Å². The summed E-state index contributed by atoms with van der Waals surface area (Å²) < 4.78 is 13.9. The van der Waals surface area contributed by atoms with Crippen molar-refractivity contribution in [1.82, 2.24) is 10.2 Å². The van der Waals surface area contributed by atoms with E-state index in [1.165, 1.54) is 12.1 Å². The number of hydrogen-bond acceptors (Lipinski definition) is 2. The van der Waals surface area contributed by atoms with Gasteiger partial charge in [0.1, 0.15) is 5.82 Å². The number of nitrogens with one attached hydrogen (secondary N) is 1. The predicted octanol–water partition coefficient (Wildman–Crippen LogP) is 3.03. The Balaban J connectivity index is 1.85. The van der Waals surface area contributed by atoms with Gasteiger partial charge in [-0.3, -0.25) is 0 Å². The number of nitriles is 1. The molecule has 106 valence electrons. The molecule has 0 atom stereocenters. The van der Waals surface area contributed by atoms with E-state index in [0.717, 1.165) is 12.8 Å². The van der Waals surface area contributed by atoms with E-state index in [9.17, 15) is 9.18 Å². The van der Waals surface area contributed by atoms with Crippen LogP contribution in [-0.4, -0.2) is 24.0 Å². The van der Waals surface area contributed by atoms with Crippen molar-refractivity contribution in [3.05, 3.63) is 34.1 Å². The summed E-state index contributed by atoms with van der Waals surface area (Å²) in [6, 6.07) is 6.60. The summed E-state index contributed by atoms with van der Waals surface area (Å²) in [5, 5.41) is 11.6. The van der Waals surface area contributed by atoms with Gasteiger partial charge in [-0.1, -0.05) is 15.9 Å². The Morgan fingerprint density at radius 2 is 2.15 bits per heavy atom. The van der Waals surface area contributed by atoms with E-state index >= 15 is 0 Å². The van der Waals surface area contributed by atoms with E-state index in [0.29, 0.717) is 23.1 Å². The van der Waals surface area contributed by atoms with Crippen molar-refractivity contribution >= 4 is 22.0 Å². The summed E-state index contributed by atoms with van der Waals surface area (Å²) >= 11 is 3.22. The molecule has 1 aliphatic heterocycles. The molecule has 0 spiro atoms. The Bertz CT molecular complexity index is 515. The van der Waals surface area contributed by atoms with Crippen LogP contribution in [0.3, 0.4) is 0 Å². The Morgan fingerprint density at radius 1 is 1.45 bits per heavy atom. The lowest BCUT2D eigenvalue weighted by Gasteiger charge is -2.29. The third-order valence-electron chi connectivity index (χ3n) is 3.33. The van der Waals surface area contributed by atoms with Crippen LogP contribution in [0.1, 0.15) is 18.4 Å². The van der Waals surface area contributed by atoms with E-state index < -0.39 is 0 Å². The number of nitrogens with zero attached hydrogens (tertiary/aromatic N) is 2. The first-order chi connectivity index (χ1) is 9.58. The molecule has 2 rings (SSSR count). The molecule has 4 nitrogen and oxygen atoms in total. The second kappa shape index (κ2) is 6.71. The van der Waals surface area contributed by atoms with Gasteiger partial charge >= 0.3 is 6.03 Å². The first kappa shape index (κ1) is 14.8. The number of carbonyl (C=O) groups excluding carboxylic acids is 1. The normalized spacial score (nSPS) is 15.8. The molecule has 6 heteroatoms.